The van der Waals surface area contributed by atoms with E-state index in [1.54, 1.807) is 11.0 Å². The van der Waals surface area contributed by atoms with Crippen LogP contribution in [0.15, 0.2) is 42.5 Å². The molecule has 0 aromatic heterocycles. The fourth-order valence-electron chi connectivity index (χ4n) is 4.22. The Kier molecular flexibility index (Phi) is 5.48. The average Bonchev–Trinajstić information content (AvgIpc) is 3.07. The van der Waals surface area contributed by atoms with Gasteiger partial charge in [0.2, 0.25) is 0 Å². The van der Waals surface area contributed by atoms with Crippen molar-refractivity contribution in [2.24, 2.45) is 0 Å². The zero-order chi connectivity index (χ0) is 20.5. The molecule has 2 aromatic rings. The molecule has 1 N–H and O–H groups in total. The highest BCUT2D eigenvalue weighted by molar-refractivity contribution is 6.30. The number of carboxylic acid groups (broad SMARTS) is 1. The van der Waals surface area contributed by atoms with Crippen molar-refractivity contribution in [2.45, 2.75) is 37.8 Å². The molecule has 1 saturated heterocycles. The van der Waals surface area contributed by atoms with Crippen LogP contribution in [0, 0.1) is 0 Å². The van der Waals surface area contributed by atoms with Crippen LogP contribution >= 0.6 is 11.6 Å². The molecule has 7 heteroatoms. The number of hydrogen-bond acceptors (Lipinski definition) is 5. The smallest absolute Gasteiger partial charge is 0.360 e. The van der Waals surface area contributed by atoms with Gasteiger partial charge in [-0.25, -0.2) is 4.79 Å². The van der Waals surface area contributed by atoms with Crippen molar-refractivity contribution in [3.8, 4) is 11.5 Å². The number of halogens is 1. The normalized spacial score (nSPS) is 21.2. The van der Waals surface area contributed by atoms with E-state index in [-0.39, 0.29) is 18.3 Å². The molecule has 0 bridgehead atoms. The number of likely N-dealkylation sites (tertiary alicyclic amines) is 1. The molecule has 29 heavy (non-hydrogen) atoms. The Bertz CT molecular complexity index is 947. The highest BCUT2D eigenvalue weighted by atomic mass is 35.5. The van der Waals surface area contributed by atoms with Crippen molar-refractivity contribution >= 4 is 23.5 Å². The third kappa shape index (κ3) is 3.82. The van der Waals surface area contributed by atoms with E-state index in [1.165, 1.54) is 0 Å². The maximum Gasteiger partial charge on any atom is 0.360 e. The van der Waals surface area contributed by atoms with E-state index in [9.17, 15) is 14.7 Å². The topological polar surface area (TPSA) is 76.1 Å². The molecule has 2 aliphatic heterocycles. The van der Waals surface area contributed by atoms with Gasteiger partial charge in [0.15, 0.2) is 0 Å². The van der Waals surface area contributed by atoms with Crippen LogP contribution in [0.4, 0.5) is 0 Å². The van der Waals surface area contributed by atoms with Gasteiger partial charge in [-0.1, -0.05) is 36.7 Å². The fraction of sp³-hybridized carbons (Fsp3) is 0.364. The van der Waals surface area contributed by atoms with E-state index in [4.69, 9.17) is 21.1 Å². The van der Waals surface area contributed by atoms with Crippen LogP contribution in [0.5, 0.6) is 11.5 Å². The van der Waals surface area contributed by atoms with Crippen molar-refractivity contribution < 1.29 is 24.2 Å². The van der Waals surface area contributed by atoms with Crippen LogP contribution in [0.25, 0.3) is 0 Å². The Morgan fingerprint density at radius 1 is 1.17 bits per heavy atom. The monoisotopic (exact) mass is 415 g/mol. The molecule has 0 amide bonds. The molecular weight excluding hydrogens is 394 g/mol. The SMILES string of the molecule is CCCC(=O)OC(C(=O)O)N1CC2c3ccccc3Oc3ccc(Cl)cc3C2C1. The summed E-state index contributed by atoms with van der Waals surface area (Å²) in [7, 11) is 0. The quantitative estimate of drug-likeness (QED) is 0.730. The Labute approximate surface area is 174 Å². The van der Waals surface area contributed by atoms with E-state index in [0.29, 0.717) is 30.3 Å². The number of nitrogens with zero attached hydrogens (tertiary/aromatic N) is 1. The molecule has 2 heterocycles. The number of fused-ring (bicyclic) bond motifs is 5. The van der Waals surface area contributed by atoms with E-state index in [0.717, 1.165) is 16.9 Å². The number of ether oxygens (including phenoxy) is 2. The number of esters is 1. The second kappa shape index (κ2) is 8.05. The molecule has 1 fully saturated rings. The molecule has 4 rings (SSSR count). The van der Waals surface area contributed by atoms with Gasteiger partial charge in [-0.15, -0.1) is 0 Å². The number of benzene rings is 2. The lowest BCUT2D eigenvalue weighted by Crippen LogP contribution is -2.43. The predicted molar refractivity (Wildman–Crippen MR) is 107 cm³/mol. The minimum Gasteiger partial charge on any atom is -0.477 e. The third-order valence-electron chi connectivity index (χ3n) is 5.50. The summed E-state index contributed by atoms with van der Waals surface area (Å²) in [6, 6.07) is 13.3. The van der Waals surface area contributed by atoms with Gasteiger partial charge in [0.05, 0.1) is 0 Å². The molecule has 0 spiro atoms. The first kappa shape index (κ1) is 19.7. The van der Waals surface area contributed by atoms with Gasteiger partial charge in [-0.2, -0.15) is 0 Å². The van der Waals surface area contributed by atoms with E-state index >= 15 is 0 Å². The first-order valence-electron chi connectivity index (χ1n) is 9.70. The predicted octanol–water partition coefficient (Wildman–Crippen LogP) is 4.38. The van der Waals surface area contributed by atoms with Crippen LogP contribution in [0.1, 0.15) is 42.7 Å². The van der Waals surface area contributed by atoms with Crippen LogP contribution < -0.4 is 4.74 Å². The van der Waals surface area contributed by atoms with Crippen molar-refractivity contribution in [1.29, 1.82) is 0 Å². The molecule has 2 aromatic carbocycles. The number of carbonyl (C=O) groups excluding carboxylic acids is 1. The number of rotatable bonds is 5. The van der Waals surface area contributed by atoms with Gasteiger partial charge >= 0.3 is 11.9 Å². The summed E-state index contributed by atoms with van der Waals surface area (Å²) in [5.74, 6) is -0.232. The largest absolute Gasteiger partial charge is 0.477 e. The Balaban J connectivity index is 1.71. The van der Waals surface area contributed by atoms with Gasteiger partial charge < -0.3 is 14.6 Å². The number of para-hydroxylation sites is 1. The average molecular weight is 416 g/mol. The molecule has 0 radical (unpaired) electrons. The van der Waals surface area contributed by atoms with Gasteiger partial charge in [0, 0.05) is 41.9 Å². The van der Waals surface area contributed by atoms with Crippen molar-refractivity contribution in [2.75, 3.05) is 13.1 Å². The second-order valence-electron chi connectivity index (χ2n) is 7.42. The minimum atomic E-state index is -1.31. The Morgan fingerprint density at radius 2 is 1.86 bits per heavy atom. The summed E-state index contributed by atoms with van der Waals surface area (Å²) in [6.07, 6.45) is -0.510. The summed E-state index contributed by atoms with van der Waals surface area (Å²) >= 11 is 6.25. The number of carbonyl (C=O) groups is 2. The van der Waals surface area contributed by atoms with Crippen molar-refractivity contribution in [1.82, 2.24) is 4.90 Å². The maximum absolute atomic E-state index is 12.0. The number of aliphatic carboxylic acids is 1. The Hall–Kier alpha value is -2.57. The fourth-order valence-corrected chi connectivity index (χ4v) is 4.41. The summed E-state index contributed by atoms with van der Waals surface area (Å²) < 4.78 is 11.5. The lowest BCUT2D eigenvalue weighted by atomic mass is 9.84. The van der Waals surface area contributed by atoms with Crippen LogP contribution in [-0.2, 0) is 14.3 Å². The van der Waals surface area contributed by atoms with Gasteiger partial charge in [-0.3, -0.25) is 9.69 Å². The Morgan fingerprint density at radius 3 is 2.59 bits per heavy atom. The highest BCUT2D eigenvalue weighted by Gasteiger charge is 2.44. The summed E-state index contributed by atoms with van der Waals surface area (Å²) in [6.45, 7) is 2.71. The number of carboxylic acids is 1. The van der Waals surface area contributed by atoms with Crippen LogP contribution in [0.3, 0.4) is 0 Å². The molecule has 2 aliphatic rings. The van der Waals surface area contributed by atoms with Gasteiger partial charge in [-0.05, 0) is 36.2 Å². The highest BCUT2D eigenvalue weighted by Crippen LogP contribution is 2.50. The van der Waals surface area contributed by atoms with Crippen molar-refractivity contribution in [3.05, 3.63) is 58.6 Å². The molecule has 6 nitrogen and oxygen atoms in total. The van der Waals surface area contributed by atoms with Crippen LogP contribution in [-0.4, -0.2) is 41.3 Å². The van der Waals surface area contributed by atoms with Crippen LogP contribution in [0.2, 0.25) is 5.02 Å². The maximum atomic E-state index is 12.0. The minimum absolute atomic E-state index is 0.00218. The van der Waals surface area contributed by atoms with E-state index < -0.39 is 18.2 Å². The summed E-state index contributed by atoms with van der Waals surface area (Å²) in [5, 5.41) is 10.3. The molecule has 0 saturated carbocycles. The molecular formula is C22H22ClNO5. The molecule has 3 atom stereocenters. The first-order chi connectivity index (χ1) is 14.0. The summed E-state index contributed by atoms with van der Waals surface area (Å²) in [5.41, 5.74) is 1.95. The number of hydrogen-bond donors (Lipinski definition) is 1. The molecule has 3 unspecified atom stereocenters. The lowest BCUT2D eigenvalue weighted by Gasteiger charge is -2.24. The third-order valence-corrected chi connectivity index (χ3v) is 5.73. The van der Waals surface area contributed by atoms with Gasteiger partial charge in [0.25, 0.3) is 6.23 Å². The molecule has 152 valence electrons. The standard InChI is InChI=1S/C22H22ClNO5/c1-2-5-20(25)29-21(22(26)27)24-11-16-14-6-3-4-7-18(14)28-19-9-8-13(23)10-15(19)17(16)12-24/h3-4,6-10,16-17,21H,2,5,11-12H2,1H3,(H,26,27). The molecule has 0 aliphatic carbocycles. The van der Waals surface area contributed by atoms with Crippen molar-refractivity contribution in [3.63, 3.8) is 0 Å². The second-order valence-corrected chi connectivity index (χ2v) is 7.86. The zero-order valence-electron chi connectivity index (χ0n) is 16.0. The zero-order valence-corrected chi connectivity index (χ0v) is 16.8. The van der Waals surface area contributed by atoms with E-state index in [1.807, 2.05) is 43.3 Å². The van der Waals surface area contributed by atoms with E-state index in [2.05, 4.69) is 0 Å². The lowest BCUT2D eigenvalue weighted by molar-refractivity contribution is -0.176. The van der Waals surface area contributed by atoms with Gasteiger partial charge in [0.1, 0.15) is 11.5 Å². The summed E-state index contributed by atoms with van der Waals surface area (Å²) in [4.78, 5) is 25.6. The first-order valence-corrected chi connectivity index (χ1v) is 10.1.